The molecule has 1 fully saturated rings. The Kier molecular flexibility index (Phi) is 2.86. The Morgan fingerprint density at radius 2 is 2.07 bits per heavy atom. The van der Waals surface area contributed by atoms with E-state index in [4.69, 9.17) is 0 Å². The van der Waals surface area contributed by atoms with E-state index in [0.717, 1.165) is 29.7 Å². The summed E-state index contributed by atoms with van der Waals surface area (Å²) in [6, 6.07) is 4.90. The number of likely N-dealkylation sites (tertiary alicyclic amines) is 1. The fourth-order valence-corrected chi connectivity index (χ4v) is 2.64. The van der Waals surface area contributed by atoms with Gasteiger partial charge in [0.05, 0.1) is 0 Å². The van der Waals surface area contributed by atoms with Crippen LogP contribution >= 0.6 is 15.9 Å². The maximum atomic E-state index is 12.9. The molecule has 1 aromatic rings. The Morgan fingerprint density at radius 3 is 2.60 bits per heavy atom. The summed E-state index contributed by atoms with van der Waals surface area (Å²) in [6.07, 6.45) is 0. The smallest absolute Gasteiger partial charge is 0.124 e. The summed E-state index contributed by atoms with van der Waals surface area (Å²) in [5, 5.41) is 0. The predicted octanol–water partition coefficient (Wildman–Crippen LogP) is 3.43. The van der Waals surface area contributed by atoms with E-state index in [0.29, 0.717) is 5.41 Å². The van der Waals surface area contributed by atoms with Crippen LogP contribution in [0.25, 0.3) is 0 Å². The maximum absolute atomic E-state index is 12.9. The molecule has 0 spiro atoms. The predicted molar refractivity (Wildman–Crippen MR) is 63.2 cm³/mol. The van der Waals surface area contributed by atoms with Gasteiger partial charge in [0.2, 0.25) is 0 Å². The lowest BCUT2D eigenvalue weighted by Gasteiger charge is -2.46. The minimum atomic E-state index is -0.186. The molecule has 0 saturated carbocycles. The van der Waals surface area contributed by atoms with E-state index in [9.17, 15) is 4.39 Å². The van der Waals surface area contributed by atoms with Crippen molar-refractivity contribution < 1.29 is 4.39 Å². The second kappa shape index (κ2) is 3.87. The highest BCUT2D eigenvalue weighted by Crippen LogP contribution is 2.31. The van der Waals surface area contributed by atoms with Gasteiger partial charge in [-0.3, -0.25) is 4.90 Å². The lowest BCUT2D eigenvalue weighted by Crippen LogP contribution is -2.52. The Bertz CT molecular complexity index is 368. The fourth-order valence-electron chi connectivity index (χ4n) is 2.17. The Labute approximate surface area is 98.4 Å². The quantitative estimate of drug-likeness (QED) is 0.797. The van der Waals surface area contributed by atoms with Crippen molar-refractivity contribution in [1.29, 1.82) is 0 Å². The van der Waals surface area contributed by atoms with Crippen LogP contribution in [0.2, 0.25) is 0 Å². The second-order valence-electron chi connectivity index (χ2n) is 5.05. The number of hydrogen-bond acceptors (Lipinski definition) is 1. The summed E-state index contributed by atoms with van der Waals surface area (Å²) in [5.74, 6) is -0.186. The monoisotopic (exact) mass is 271 g/mol. The topological polar surface area (TPSA) is 3.24 Å². The molecular formula is C12H15BrFN. The van der Waals surface area contributed by atoms with Crippen LogP contribution in [0.3, 0.4) is 0 Å². The highest BCUT2D eigenvalue weighted by atomic mass is 79.9. The molecule has 1 aliphatic heterocycles. The van der Waals surface area contributed by atoms with E-state index in [2.05, 4.69) is 34.7 Å². The van der Waals surface area contributed by atoms with E-state index in [1.54, 1.807) is 0 Å². The number of halogens is 2. The molecule has 0 atom stereocenters. The molecule has 15 heavy (non-hydrogen) atoms. The Morgan fingerprint density at radius 1 is 1.40 bits per heavy atom. The SMILES string of the molecule is CC1(C)CN(Cc2ccc(F)cc2Br)C1. The molecule has 1 aromatic carbocycles. The third-order valence-electron chi connectivity index (χ3n) is 2.71. The highest BCUT2D eigenvalue weighted by Gasteiger charge is 2.33. The molecule has 82 valence electrons. The lowest BCUT2D eigenvalue weighted by atomic mass is 9.84. The summed E-state index contributed by atoms with van der Waals surface area (Å²) in [6.45, 7) is 7.68. The third kappa shape index (κ3) is 2.58. The minimum Gasteiger partial charge on any atom is -0.298 e. The molecule has 2 rings (SSSR count). The van der Waals surface area contributed by atoms with Gasteiger partial charge in [-0.25, -0.2) is 4.39 Å². The number of rotatable bonds is 2. The molecule has 0 unspecified atom stereocenters. The summed E-state index contributed by atoms with van der Waals surface area (Å²) < 4.78 is 13.7. The molecule has 1 aliphatic rings. The van der Waals surface area contributed by atoms with E-state index < -0.39 is 0 Å². The third-order valence-corrected chi connectivity index (χ3v) is 3.45. The van der Waals surface area contributed by atoms with Crippen LogP contribution in [0, 0.1) is 11.2 Å². The summed E-state index contributed by atoms with van der Waals surface area (Å²) in [5.41, 5.74) is 1.61. The molecule has 0 aliphatic carbocycles. The number of hydrogen-bond donors (Lipinski definition) is 0. The molecule has 0 bridgehead atoms. The zero-order chi connectivity index (χ0) is 11.1. The van der Waals surface area contributed by atoms with Crippen LogP contribution in [-0.2, 0) is 6.54 Å². The van der Waals surface area contributed by atoms with Gasteiger partial charge in [-0.2, -0.15) is 0 Å². The van der Waals surface area contributed by atoms with E-state index in [1.807, 2.05) is 6.07 Å². The van der Waals surface area contributed by atoms with Crippen molar-refractivity contribution in [2.75, 3.05) is 13.1 Å². The second-order valence-corrected chi connectivity index (χ2v) is 5.90. The van der Waals surface area contributed by atoms with Crippen LogP contribution in [0.1, 0.15) is 19.4 Å². The molecule has 3 heteroatoms. The molecule has 1 nitrogen and oxygen atoms in total. The van der Waals surface area contributed by atoms with Crippen molar-refractivity contribution in [1.82, 2.24) is 4.90 Å². The molecule has 1 heterocycles. The highest BCUT2D eigenvalue weighted by molar-refractivity contribution is 9.10. The zero-order valence-electron chi connectivity index (χ0n) is 9.06. The van der Waals surface area contributed by atoms with Gasteiger partial charge < -0.3 is 0 Å². The van der Waals surface area contributed by atoms with Crippen LogP contribution in [0.4, 0.5) is 4.39 Å². The Hall–Kier alpha value is -0.410. The van der Waals surface area contributed by atoms with Gasteiger partial charge >= 0.3 is 0 Å². The first-order valence-corrected chi connectivity index (χ1v) is 5.92. The first kappa shape index (κ1) is 11.1. The standard InChI is InChI=1S/C12H15BrFN/c1-12(2)7-15(8-12)6-9-3-4-10(14)5-11(9)13/h3-5H,6-8H2,1-2H3. The first-order chi connectivity index (χ1) is 6.96. The van der Waals surface area contributed by atoms with Crippen molar-refractivity contribution >= 4 is 15.9 Å². The van der Waals surface area contributed by atoms with Gasteiger partial charge in [-0.05, 0) is 23.1 Å². The van der Waals surface area contributed by atoms with Crippen LogP contribution in [0.15, 0.2) is 22.7 Å². The fraction of sp³-hybridized carbons (Fsp3) is 0.500. The largest absolute Gasteiger partial charge is 0.298 e. The van der Waals surface area contributed by atoms with Gasteiger partial charge in [0.25, 0.3) is 0 Å². The average Bonchev–Trinajstić information content (AvgIpc) is 2.06. The van der Waals surface area contributed by atoms with Crippen molar-refractivity contribution in [3.05, 3.63) is 34.1 Å². The van der Waals surface area contributed by atoms with Gasteiger partial charge in [0, 0.05) is 24.1 Å². The van der Waals surface area contributed by atoms with E-state index >= 15 is 0 Å². The number of benzene rings is 1. The molecule has 0 N–H and O–H groups in total. The average molecular weight is 272 g/mol. The van der Waals surface area contributed by atoms with Crippen molar-refractivity contribution in [3.63, 3.8) is 0 Å². The lowest BCUT2D eigenvalue weighted by molar-refractivity contribution is 0.0241. The van der Waals surface area contributed by atoms with Crippen molar-refractivity contribution in [2.45, 2.75) is 20.4 Å². The molecule has 0 radical (unpaired) electrons. The minimum absolute atomic E-state index is 0.186. The molecular weight excluding hydrogens is 257 g/mol. The van der Waals surface area contributed by atoms with Crippen molar-refractivity contribution in [3.8, 4) is 0 Å². The van der Waals surface area contributed by atoms with Crippen LogP contribution < -0.4 is 0 Å². The van der Waals surface area contributed by atoms with Gasteiger partial charge in [-0.15, -0.1) is 0 Å². The normalized spacial score (nSPS) is 20.0. The van der Waals surface area contributed by atoms with E-state index in [-0.39, 0.29) is 5.82 Å². The zero-order valence-corrected chi connectivity index (χ0v) is 10.6. The summed E-state index contributed by atoms with van der Waals surface area (Å²) >= 11 is 3.39. The van der Waals surface area contributed by atoms with Gasteiger partial charge in [-0.1, -0.05) is 35.8 Å². The molecule has 0 amide bonds. The van der Waals surface area contributed by atoms with Crippen molar-refractivity contribution in [2.24, 2.45) is 5.41 Å². The maximum Gasteiger partial charge on any atom is 0.124 e. The summed E-state index contributed by atoms with van der Waals surface area (Å²) in [4.78, 5) is 2.37. The first-order valence-electron chi connectivity index (χ1n) is 5.13. The van der Waals surface area contributed by atoms with Crippen LogP contribution in [0.5, 0.6) is 0 Å². The van der Waals surface area contributed by atoms with Gasteiger partial charge in [0.1, 0.15) is 5.82 Å². The number of nitrogens with zero attached hydrogens (tertiary/aromatic N) is 1. The van der Waals surface area contributed by atoms with E-state index in [1.165, 1.54) is 12.1 Å². The van der Waals surface area contributed by atoms with Crippen LogP contribution in [-0.4, -0.2) is 18.0 Å². The van der Waals surface area contributed by atoms with Gasteiger partial charge in [0.15, 0.2) is 0 Å². The molecule has 1 saturated heterocycles. The summed E-state index contributed by atoms with van der Waals surface area (Å²) in [7, 11) is 0. The Balaban J connectivity index is 2.00. The molecule has 0 aromatic heterocycles.